The maximum absolute atomic E-state index is 11.1. The third-order valence-corrected chi connectivity index (χ3v) is 3.48. The van der Waals surface area contributed by atoms with Crippen LogP contribution in [0.2, 0.25) is 0 Å². The van der Waals surface area contributed by atoms with Crippen molar-refractivity contribution >= 4 is 5.69 Å². The number of benzene rings is 1. The number of nitro groups is 1. The quantitative estimate of drug-likeness (QED) is 0.465. The lowest BCUT2D eigenvalue weighted by molar-refractivity contribution is -0.386. The summed E-state index contributed by atoms with van der Waals surface area (Å²) in [6.45, 7) is 2.42. The Balaban J connectivity index is 2.05. The minimum atomic E-state index is -0.615. The monoisotopic (exact) mass is 297 g/mol. The van der Waals surface area contributed by atoms with Crippen molar-refractivity contribution in [2.24, 2.45) is 0 Å². The van der Waals surface area contributed by atoms with E-state index in [0.29, 0.717) is 25.2 Å². The molecule has 0 amide bonds. The highest BCUT2D eigenvalue weighted by atomic mass is 16.6. The van der Waals surface area contributed by atoms with Crippen molar-refractivity contribution < 1.29 is 24.2 Å². The van der Waals surface area contributed by atoms with Gasteiger partial charge in [0.05, 0.1) is 24.2 Å². The van der Waals surface area contributed by atoms with Crippen LogP contribution in [0.25, 0.3) is 0 Å². The van der Waals surface area contributed by atoms with Gasteiger partial charge in [-0.15, -0.1) is 0 Å². The van der Waals surface area contributed by atoms with E-state index < -0.39 is 23.2 Å². The van der Waals surface area contributed by atoms with E-state index in [1.165, 1.54) is 0 Å². The van der Waals surface area contributed by atoms with Gasteiger partial charge < -0.3 is 19.3 Å². The lowest BCUT2D eigenvalue weighted by Gasteiger charge is -2.40. The number of aliphatic hydroxyl groups is 1. The van der Waals surface area contributed by atoms with Crippen molar-refractivity contribution in [3.8, 4) is 5.75 Å². The molecule has 2 rings (SSSR count). The Morgan fingerprint density at radius 3 is 2.81 bits per heavy atom. The molecule has 3 unspecified atom stereocenters. The Labute approximate surface area is 122 Å². The first-order chi connectivity index (χ1) is 10.0. The average molecular weight is 297 g/mol. The van der Waals surface area contributed by atoms with Crippen LogP contribution in [0.15, 0.2) is 18.2 Å². The van der Waals surface area contributed by atoms with Gasteiger partial charge in [0.1, 0.15) is 12.2 Å². The normalized spacial score (nSPS) is 24.4. The summed E-state index contributed by atoms with van der Waals surface area (Å²) in [4.78, 5) is 10.7. The molecule has 7 nitrogen and oxygen atoms in total. The second-order valence-electron chi connectivity index (χ2n) is 4.97. The van der Waals surface area contributed by atoms with Gasteiger partial charge in [-0.1, -0.05) is 12.1 Å². The van der Waals surface area contributed by atoms with Crippen molar-refractivity contribution in [2.45, 2.75) is 31.7 Å². The van der Waals surface area contributed by atoms with Crippen LogP contribution in [-0.2, 0) is 9.47 Å². The predicted molar refractivity (Wildman–Crippen MR) is 74.5 cm³/mol. The zero-order chi connectivity index (χ0) is 15.4. The molecule has 0 saturated heterocycles. The Morgan fingerprint density at radius 1 is 1.43 bits per heavy atom. The van der Waals surface area contributed by atoms with E-state index in [0.717, 1.165) is 0 Å². The van der Waals surface area contributed by atoms with Crippen LogP contribution in [0.5, 0.6) is 5.75 Å². The number of aliphatic hydroxyl groups excluding tert-OH is 1. The molecule has 1 aliphatic carbocycles. The number of nitrogens with zero attached hydrogens (tertiary/aromatic N) is 1. The predicted octanol–water partition coefficient (Wildman–Crippen LogP) is 1.45. The standard InChI is InChI=1S/C14H19NO6/c1-9-4-3-5-11(13(9)15(17)18)21-12-8-10(16)14(12)20-7-6-19-2/h3-5,10,12,14,16H,6-8H2,1-2H3. The summed E-state index contributed by atoms with van der Waals surface area (Å²) in [5, 5.41) is 20.8. The highest BCUT2D eigenvalue weighted by Crippen LogP contribution is 2.35. The van der Waals surface area contributed by atoms with Crippen LogP contribution in [0.3, 0.4) is 0 Å². The molecule has 1 aromatic rings. The van der Waals surface area contributed by atoms with E-state index in [1.807, 2.05) is 0 Å². The first-order valence-electron chi connectivity index (χ1n) is 6.74. The average Bonchev–Trinajstić information content (AvgIpc) is 2.42. The highest BCUT2D eigenvalue weighted by molar-refractivity contribution is 5.52. The molecule has 0 aliphatic heterocycles. The van der Waals surface area contributed by atoms with Gasteiger partial charge in [-0.3, -0.25) is 10.1 Å². The largest absolute Gasteiger partial charge is 0.481 e. The summed E-state index contributed by atoms with van der Waals surface area (Å²) in [6, 6.07) is 4.92. The molecule has 1 fully saturated rings. The van der Waals surface area contributed by atoms with E-state index >= 15 is 0 Å². The maximum atomic E-state index is 11.1. The number of ether oxygens (including phenoxy) is 3. The third-order valence-electron chi connectivity index (χ3n) is 3.48. The van der Waals surface area contributed by atoms with Gasteiger partial charge >= 0.3 is 5.69 Å². The molecule has 0 bridgehead atoms. The molecule has 116 valence electrons. The molecule has 1 aromatic carbocycles. The van der Waals surface area contributed by atoms with Crippen LogP contribution in [-0.4, -0.2) is 48.7 Å². The minimum absolute atomic E-state index is 0.0467. The number of nitro benzene ring substituents is 1. The topological polar surface area (TPSA) is 91.1 Å². The number of aryl methyl sites for hydroxylation is 1. The number of methoxy groups -OCH3 is 1. The zero-order valence-electron chi connectivity index (χ0n) is 12.0. The van der Waals surface area contributed by atoms with Crippen molar-refractivity contribution in [3.05, 3.63) is 33.9 Å². The number of hydrogen-bond acceptors (Lipinski definition) is 6. The molecule has 1 saturated carbocycles. The second kappa shape index (κ2) is 6.84. The van der Waals surface area contributed by atoms with Crippen LogP contribution in [0, 0.1) is 17.0 Å². The molecule has 3 atom stereocenters. The molecule has 0 heterocycles. The Morgan fingerprint density at radius 2 is 2.19 bits per heavy atom. The van der Waals surface area contributed by atoms with Crippen molar-refractivity contribution in [1.29, 1.82) is 0 Å². The first-order valence-corrected chi connectivity index (χ1v) is 6.74. The highest BCUT2D eigenvalue weighted by Gasteiger charge is 2.43. The lowest BCUT2D eigenvalue weighted by atomic mass is 9.88. The van der Waals surface area contributed by atoms with Gasteiger partial charge in [0.25, 0.3) is 0 Å². The molecule has 0 spiro atoms. The molecular formula is C14H19NO6. The molecule has 0 aromatic heterocycles. The minimum Gasteiger partial charge on any atom is -0.481 e. The van der Waals surface area contributed by atoms with Gasteiger partial charge in [-0.2, -0.15) is 0 Å². The summed E-state index contributed by atoms with van der Waals surface area (Å²) in [7, 11) is 1.56. The van der Waals surface area contributed by atoms with Crippen molar-refractivity contribution in [1.82, 2.24) is 0 Å². The number of para-hydroxylation sites is 1. The van der Waals surface area contributed by atoms with Gasteiger partial charge in [0, 0.05) is 19.1 Å². The van der Waals surface area contributed by atoms with Crippen LogP contribution in [0.1, 0.15) is 12.0 Å². The van der Waals surface area contributed by atoms with Crippen molar-refractivity contribution in [3.63, 3.8) is 0 Å². The second-order valence-corrected chi connectivity index (χ2v) is 4.97. The Hall–Kier alpha value is -1.70. The summed E-state index contributed by atoms with van der Waals surface area (Å²) in [6.07, 6.45) is -1.10. The van der Waals surface area contributed by atoms with Crippen LogP contribution >= 0.6 is 0 Å². The Kier molecular flexibility index (Phi) is 5.11. The number of hydrogen-bond donors (Lipinski definition) is 1. The molecule has 7 heteroatoms. The fraction of sp³-hybridized carbons (Fsp3) is 0.571. The SMILES string of the molecule is COCCOC1C(O)CC1Oc1cccc(C)c1[N+](=O)[O-]. The zero-order valence-corrected chi connectivity index (χ0v) is 12.0. The summed E-state index contributed by atoms with van der Waals surface area (Å²) >= 11 is 0. The van der Waals surface area contributed by atoms with E-state index in [9.17, 15) is 15.2 Å². The lowest BCUT2D eigenvalue weighted by Crippen LogP contribution is -2.55. The van der Waals surface area contributed by atoms with E-state index in [2.05, 4.69) is 0 Å². The molecule has 1 N–H and O–H groups in total. The van der Waals surface area contributed by atoms with E-state index in [1.54, 1.807) is 32.2 Å². The molecule has 21 heavy (non-hydrogen) atoms. The molecule has 1 aliphatic rings. The fourth-order valence-corrected chi connectivity index (χ4v) is 2.28. The van der Waals surface area contributed by atoms with Crippen molar-refractivity contribution in [2.75, 3.05) is 20.3 Å². The van der Waals surface area contributed by atoms with E-state index in [4.69, 9.17) is 14.2 Å². The van der Waals surface area contributed by atoms with Gasteiger partial charge in [0.2, 0.25) is 0 Å². The summed E-state index contributed by atoms with van der Waals surface area (Å²) in [5.41, 5.74) is 0.490. The first kappa shape index (κ1) is 15.7. The maximum Gasteiger partial charge on any atom is 0.313 e. The smallest absolute Gasteiger partial charge is 0.313 e. The van der Waals surface area contributed by atoms with E-state index in [-0.39, 0.29) is 11.4 Å². The summed E-state index contributed by atoms with van der Waals surface area (Å²) < 4.78 is 16.0. The Bertz CT molecular complexity index is 506. The van der Waals surface area contributed by atoms with Gasteiger partial charge in [-0.25, -0.2) is 0 Å². The molecule has 0 radical (unpaired) electrons. The third kappa shape index (κ3) is 3.49. The van der Waals surface area contributed by atoms with Crippen LogP contribution < -0.4 is 4.74 Å². The van der Waals surface area contributed by atoms with Crippen LogP contribution in [0.4, 0.5) is 5.69 Å². The van der Waals surface area contributed by atoms with Gasteiger partial charge in [-0.05, 0) is 13.0 Å². The van der Waals surface area contributed by atoms with Gasteiger partial charge in [0.15, 0.2) is 5.75 Å². The molecular weight excluding hydrogens is 278 g/mol. The fourth-order valence-electron chi connectivity index (χ4n) is 2.28. The summed E-state index contributed by atoms with van der Waals surface area (Å²) in [5.74, 6) is 0.206. The number of rotatable bonds is 7.